The molecule has 0 bridgehead atoms. The maximum Gasteiger partial charge on any atom is 0.275 e. The van der Waals surface area contributed by atoms with Gasteiger partial charge in [0.05, 0.1) is 0 Å². The van der Waals surface area contributed by atoms with E-state index < -0.39 is 0 Å². The van der Waals surface area contributed by atoms with Crippen LogP contribution in [0.5, 0.6) is 0 Å². The average molecular weight is 335 g/mol. The second-order valence-corrected chi connectivity index (χ2v) is 7.10. The van der Waals surface area contributed by atoms with E-state index in [1.807, 2.05) is 4.90 Å². The standard InChI is InChI=1S/C15H21N5O2S/c1-11(2)3-4-12(21)18-7-9-19(10-8-18)15-17-20-13(22)5-6-16-14(20)23-15/h5-6,11H,3-4,7-10H2,1-2H3. The normalized spacial score (nSPS) is 15.6. The summed E-state index contributed by atoms with van der Waals surface area (Å²) >= 11 is 1.40. The molecule has 0 radical (unpaired) electrons. The van der Waals surface area contributed by atoms with Crippen LogP contribution in [0.1, 0.15) is 26.7 Å². The largest absolute Gasteiger partial charge is 0.343 e. The van der Waals surface area contributed by atoms with Crippen LogP contribution in [0.4, 0.5) is 5.13 Å². The first-order valence-corrected chi connectivity index (χ1v) is 8.74. The first-order chi connectivity index (χ1) is 11.0. The third kappa shape index (κ3) is 3.52. The van der Waals surface area contributed by atoms with Gasteiger partial charge < -0.3 is 9.80 Å². The number of piperazine rings is 1. The summed E-state index contributed by atoms with van der Waals surface area (Å²) in [5, 5.41) is 5.14. The maximum atomic E-state index is 12.2. The summed E-state index contributed by atoms with van der Waals surface area (Å²) in [6.45, 7) is 7.15. The topological polar surface area (TPSA) is 70.8 Å². The Hall–Kier alpha value is -1.96. The quantitative estimate of drug-likeness (QED) is 0.840. The van der Waals surface area contributed by atoms with Crippen LogP contribution in [0.2, 0.25) is 0 Å². The Morgan fingerprint density at radius 1 is 1.30 bits per heavy atom. The van der Waals surface area contributed by atoms with Gasteiger partial charge in [-0.05, 0) is 12.3 Å². The Balaban J connectivity index is 1.63. The van der Waals surface area contributed by atoms with E-state index >= 15 is 0 Å². The highest BCUT2D eigenvalue weighted by atomic mass is 32.1. The van der Waals surface area contributed by atoms with E-state index in [1.54, 1.807) is 0 Å². The monoisotopic (exact) mass is 335 g/mol. The molecule has 1 aliphatic rings. The van der Waals surface area contributed by atoms with Crippen molar-refractivity contribution >= 4 is 27.3 Å². The van der Waals surface area contributed by atoms with Gasteiger partial charge in [-0.1, -0.05) is 25.2 Å². The lowest BCUT2D eigenvalue weighted by molar-refractivity contribution is -0.131. The van der Waals surface area contributed by atoms with E-state index in [2.05, 4.69) is 28.8 Å². The second-order valence-electron chi connectivity index (χ2n) is 6.16. The predicted octanol–water partition coefficient (Wildman–Crippen LogP) is 1.24. The van der Waals surface area contributed by atoms with Crippen molar-refractivity contribution in [1.82, 2.24) is 19.5 Å². The SMILES string of the molecule is CC(C)CCC(=O)N1CCN(c2nn3c(=O)ccnc3s2)CC1. The molecule has 3 rings (SSSR count). The molecule has 0 atom stereocenters. The summed E-state index contributed by atoms with van der Waals surface area (Å²) < 4.78 is 1.33. The molecular weight excluding hydrogens is 314 g/mol. The minimum atomic E-state index is -0.167. The van der Waals surface area contributed by atoms with Crippen LogP contribution in [-0.4, -0.2) is 51.6 Å². The van der Waals surface area contributed by atoms with Gasteiger partial charge in [0.25, 0.3) is 5.56 Å². The highest BCUT2D eigenvalue weighted by Crippen LogP contribution is 2.22. The summed E-state index contributed by atoms with van der Waals surface area (Å²) in [4.78, 5) is 32.7. The van der Waals surface area contributed by atoms with Crippen LogP contribution in [0, 0.1) is 5.92 Å². The van der Waals surface area contributed by atoms with Gasteiger partial charge in [-0.15, -0.1) is 5.10 Å². The first kappa shape index (κ1) is 15.9. The number of aromatic nitrogens is 3. The van der Waals surface area contributed by atoms with Gasteiger partial charge in [0.15, 0.2) is 0 Å². The molecular formula is C15H21N5O2S. The third-order valence-electron chi connectivity index (χ3n) is 4.00. The van der Waals surface area contributed by atoms with Crippen molar-refractivity contribution in [2.75, 3.05) is 31.1 Å². The minimum Gasteiger partial charge on any atom is -0.343 e. The second kappa shape index (κ2) is 6.66. The van der Waals surface area contributed by atoms with Gasteiger partial charge in [0, 0.05) is 44.9 Å². The van der Waals surface area contributed by atoms with Gasteiger partial charge in [0.2, 0.25) is 16.0 Å². The lowest BCUT2D eigenvalue weighted by Gasteiger charge is -2.34. The number of carbonyl (C=O) groups excluding carboxylic acids is 1. The number of nitrogens with zero attached hydrogens (tertiary/aromatic N) is 5. The number of rotatable bonds is 4. The van der Waals surface area contributed by atoms with Crippen molar-refractivity contribution in [1.29, 1.82) is 0 Å². The van der Waals surface area contributed by atoms with Gasteiger partial charge in [0.1, 0.15) is 0 Å². The van der Waals surface area contributed by atoms with Gasteiger partial charge >= 0.3 is 0 Å². The summed E-state index contributed by atoms with van der Waals surface area (Å²) in [6.07, 6.45) is 3.06. The smallest absolute Gasteiger partial charge is 0.275 e. The molecule has 0 saturated carbocycles. The zero-order valence-corrected chi connectivity index (χ0v) is 14.3. The molecule has 0 unspecified atom stereocenters. The number of fused-ring (bicyclic) bond motifs is 1. The number of amides is 1. The summed E-state index contributed by atoms with van der Waals surface area (Å²) in [5.74, 6) is 0.786. The Morgan fingerprint density at radius 3 is 2.70 bits per heavy atom. The van der Waals surface area contributed by atoms with E-state index in [0.717, 1.165) is 24.6 Å². The van der Waals surface area contributed by atoms with E-state index in [-0.39, 0.29) is 11.5 Å². The molecule has 2 aromatic heterocycles. The molecule has 2 aromatic rings. The molecule has 7 nitrogen and oxygen atoms in total. The Labute approximate surface area is 138 Å². The van der Waals surface area contributed by atoms with Crippen molar-refractivity contribution in [3.63, 3.8) is 0 Å². The summed E-state index contributed by atoms with van der Waals surface area (Å²) in [6, 6.07) is 1.40. The molecule has 0 N–H and O–H groups in total. The maximum absolute atomic E-state index is 12.2. The summed E-state index contributed by atoms with van der Waals surface area (Å²) in [7, 11) is 0. The van der Waals surface area contributed by atoms with Crippen LogP contribution >= 0.6 is 11.3 Å². The van der Waals surface area contributed by atoms with Crippen molar-refractivity contribution in [2.45, 2.75) is 26.7 Å². The lowest BCUT2D eigenvalue weighted by Crippen LogP contribution is -2.48. The van der Waals surface area contributed by atoms with E-state index in [9.17, 15) is 9.59 Å². The molecule has 1 amide bonds. The zero-order valence-electron chi connectivity index (χ0n) is 13.4. The van der Waals surface area contributed by atoms with Crippen molar-refractivity contribution in [3.05, 3.63) is 22.6 Å². The number of hydrogen-bond donors (Lipinski definition) is 0. The fraction of sp³-hybridized carbons (Fsp3) is 0.600. The predicted molar refractivity (Wildman–Crippen MR) is 90.0 cm³/mol. The van der Waals surface area contributed by atoms with Crippen LogP contribution < -0.4 is 10.5 Å². The molecule has 0 spiro atoms. The van der Waals surface area contributed by atoms with Crippen molar-refractivity contribution < 1.29 is 4.79 Å². The molecule has 1 aliphatic heterocycles. The first-order valence-electron chi connectivity index (χ1n) is 7.92. The molecule has 3 heterocycles. The van der Waals surface area contributed by atoms with E-state index in [4.69, 9.17) is 0 Å². The number of hydrogen-bond acceptors (Lipinski definition) is 6. The van der Waals surface area contributed by atoms with Crippen molar-refractivity contribution in [3.8, 4) is 0 Å². The molecule has 8 heteroatoms. The highest BCUT2D eigenvalue weighted by Gasteiger charge is 2.23. The number of carbonyl (C=O) groups is 1. The fourth-order valence-corrected chi connectivity index (χ4v) is 3.51. The average Bonchev–Trinajstić information content (AvgIpc) is 2.98. The van der Waals surface area contributed by atoms with Crippen LogP contribution in [0.3, 0.4) is 0 Å². The molecule has 0 aromatic carbocycles. The Morgan fingerprint density at radius 2 is 2.04 bits per heavy atom. The van der Waals surface area contributed by atoms with Gasteiger partial charge in [-0.25, -0.2) is 4.98 Å². The molecule has 1 fully saturated rings. The Bertz CT molecular complexity index is 746. The van der Waals surface area contributed by atoms with E-state index in [1.165, 1.54) is 28.1 Å². The van der Waals surface area contributed by atoms with Gasteiger partial charge in [-0.2, -0.15) is 4.52 Å². The zero-order chi connectivity index (χ0) is 16.4. The van der Waals surface area contributed by atoms with Crippen LogP contribution in [0.25, 0.3) is 4.96 Å². The minimum absolute atomic E-state index is 0.167. The number of anilines is 1. The molecule has 23 heavy (non-hydrogen) atoms. The van der Waals surface area contributed by atoms with Crippen molar-refractivity contribution in [2.24, 2.45) is 5.92 Å². The molecule has 124 valence electrons. The molecule has 1 saturated heterocycles. The fourth-order valence-electron chi connectivity index (χ4n) is 2.58. The Kier molecular flexibility index (Phi) is 4.61. The molecule has 0 aliphatic carbocycles. The lowest BCUT2D eigenvalue weighted by atomic mass is 10.1. The van der Waals surface area contributed by atoms with Crippen LogP contribution in [-0.2, 0) is 4.79 Å². The third-order valence-corrected chi connectivity index (χ3v) is 4.98. The van der Waals surface area contributed by atoms with E-state index in [0.29, 0.717) is 30.4 Å². The summed E-state index contributed by atoms with van der Waals surface area (Å²) in [5.41, 5.74) is -0.167. The van der Waals surface area contributed by atoms with Gasteiger partial charge in [-0.3, -0.25) is 9.59 Å². The van der Waals surface area contributed by atoms with Crippen LogP contribution in [0.15, 0.2) is 17.1 Å². The highest BCUT2D eigenvalue weighted by molar-refractivity contribution is 7.20.